The average Bonchev–Trinajstić information content (AvgIpc) is 2.74. The number of urea groups is 1. The predicted octanol–water partition coefficient (Wildman–Crippen LogP) is 3.29. The molecule has 2 rings (SSSR count). The van der Waals surface area contributed by atoms with Crippen LogP contribution in [0.1, 0.15) is 26.2 Å². The van der Waals surface area contributed by atoms with E-state index in [0.717, 1.165) is 42.8 Å². The molecule has 2 heterocycles. The summed E-state index contributed by atoms with van der Waals surface area (Å²) >= 11 is 1.88. The molecule has 0 radical (unpaired) electrons. The molecule has 1 unspecified atom stereocenters. The van der Waals surface area contributed by atoms with E-state index in [1.54, 1.807) is 4.90 Å². The van der Waals surface area contributed by atoms with Crippen molar-refractivity contribution in [2.75, 3.05) is 24.2 Å². The number of hydrogen-bond donors (Lipinski definition) is 1. The first kappa shape index (κ1) is 17.1. The van der Waals surface area contributed by atoms with E-state index in [1.807, 2.05) is 11.8 Å². The van der Waals surface area contributed by atoms with Crippen LogP contribution in [0.3, 0.4) is 0 Å². The van der Waals surface area contributed by atoms with Gasteiger partial charge in [-0.2, -0.15) is 16.9 Å². The molecule has 1 N–H and O–H groups in total. The molecule has 0 spiro atoms. The van der Waals surface area contributed by atoms with Gasteiger partial charge in [0, 0.05) is 30.6 Å². The Morgan fingerprint density at radius 3 is 3.09 bits per heavy atom. The van der Waals surface area contributed by atoms with Gasteiger partial charge < -0.3 is 4.90 Å². The molecule has 8 heteroatoms. The lowest BCUT2D eigenvalue weighted by Gasteiger charge is -2.23. The fraction of sp³-hybridized carbons (Fsp3) is 0.714. The van der Waals surface area contributed by atoms with Crippen molar-refractivity contribution in [3.8, 4) is 0 Å². The fourth-order valence-electron chi connectivity index (χ4n) is 2.52. The third kappa shape index (κ3) is 5.15. The minimum absolute atomic E-state index is 0.203. The van der Waals surface area contributed by atoms with Crippen LogP contribution < -0.4 is 5.32 Å². The molecule has 0 bridgehead atoms. The fourth-order valence-corrected chi connectivity index (χ4v) is 3.61. The molecule has 1 saturated heterocycles. The smallest absolute Gasteiger partial charge is 0.323 e. The van der Waals surface area contributed by atoms with Gasteiger partial charge in [0.1, 0.15) is 6.54 Å². The molecular weight excluding hydrogens is 310 g/mol. The lowest BCUT2D eigenvalue weighted by molar-refractivity contribution is 0.122. The molecule has 1 fully saturated rings. The van der Waals surface area contributed by atoms with Crippen molar-refractivity contribution >= 4 is 23.6 Å². The third-order valence-electron chi connectivity index (χ3n) is 3.52. The number of amides is 2. The second kappa shape index (κ2) is 8.36. The molecule has 0 saturated carbocycles. The highest BCUT2D eigenvalue weighted by Gasteiger charge is 2.22. The molecule has 1 aliphatic heterocycles. The molecular formula is C14H22F2N4OS. The summed E-state index contributed by atoms with van der Waals surface area (Å²) in [7, 11) is 0. The molecule has 22 heavy (non-hydrogen) atoms. The van der Waals surface area contributed by atoms with Crippen LogP contribution in [0.2, 0.25) is 0 Å². The summed E-state index contributed by atoms with van der Waals surface area (Å²) in [5.74, 6) is 1.35. The third-order valence-corrected chi connectivity index (χ3v) is 4.71. The number of likely N-dealkylation sites (tertiary alicyclic amines) is 1. The maximum Gasteiger partial charge on any atom is 0.323 e. The Morgan fingerprint density at radius 2 is 2.36 bits per heavy atom. The van der Waals surface area contributed by atoms with E-state index in [1.165, 1.54) is 12.3 Å². The van der Waals surface area contributed by atoms with Gasteiger partial charge in [-0.25, -0.2) is 13.6 Å². The second-order valence-electron chi connectivity index (χ2n) is 5.26. The van der Waals surface area contributed by atoms with E-state index < -0.39 is 13.0 Å². The van der Waals surface area contributed by atoms with E-state index in [0.29, 0.717) is 11.1 Å². The number of carbonyl (C=O) groups excluding carboxylic acids is 1. The minimum atomic E-state index is -2.46. The first-order valence-corrected chi connectivity index (χ1v) is 8.62. The average molecular weight is 332 g/mol. The number of hydrogen-bond acceptors (Lipinski definition) is 3. The number of nitrogens with one attached hydrogen (secondary N) is 1. The summed E-state index contributed by atoms with van der Waals surface area (Å²) in [4.78, 5) is 14.1. The lowest BCUT2D eigenvalue weighted by Crippen LogP contribution is -2.38. The number of halogens is 2. The Hall–Kier alpha value is -1.31. The first-order valence-electron chi connectivity index (χ1n) is 7.57. The van der Waals surface area contributed by atoms with Crippen molar-refractivity contribution in [2.24, 2.45) is 0 Å². The Bertz CT molecular complexity index is 483. The number of rotatable bonds is 5. The second-order valence-corrected chi connectivity index (χ2v) is 6.84. The quantitative estimate of drug-likeness (QED) is 0.900. The van der Waals surface area contributed by atoms with E-state index in [-0.39, 0.29) is 6.03 Å². The van der Waals surface area contributed by atoms with Crippen molar-refractivity contribution in [3.63, 3.8) is 0 Å². The maximum atomic E-state index is 12.3. The molecule has 5 nitrogen and oxygen atoms in total. The molecule has 0 aromatic carbocycles. The van der Waals surface area contributed by atoms with Crippen LogP contribution in [0.25, 0.3) is 0 Å². The van der Waals surface area contributed by atoms with Gasteiger partial charge in [0.25, 0.3) is 6.43 Å². The van der Waals surface area contributed by atoms with E-state index in [9.17, 15) is 13.6 Å². The molecule has 1 aromatic rings. The van der Waals surface area contributed by atoms with E-state index in [2.05, 4.69) is 17.3 Å². The molecule has 1 atom stereocenters. The van der Waals surface area contributed by atoms with Crippen LogP contribution in [0, 0.1) is 0 Å². The number of thioether (sulfide) groups is 1. The number of alkyl halides is 2. The zero-order valence-corrected chi connectivity index (χ0v) is 13.5. The van der Waals surface area contributed by atoms with Gasteiger partial charge in [-0.1, -0.05) is 13.3 Å². The van der Waals surface area contributed by atoms with Gasteiger partial charge in [0.2, 0.25) is 0 Å². The van der Waals surface area contributed by atoms with Crippen molar-refractivity contribution < 1.29 is 13.6 Å². The topological polar surface area (TPSA) is 50.2 Å². The van der Waals surface area contributed by atoms with Gasteiger partial charge in [-0.15, -0.1) is 0 Å². The van der Waals surface area contributed by atoms with Gasteiger partial charge in [-0.05, 0) is 18.6 Å². The first-order chi connectivity index (χ1) is 10.6. The summed E-state index contributed by atoms with van der Waals surface area (Å²) in [6.45, 7) is 3.11. The zero-order chi connectivity index (χ0) is 15.9. The van der Waals surface area contributed by atoms with Crippen LogP contribution in [0.4, 0.5) is 19.4 Å². The zero-order valence-electron chi connectivity index (χ0n) is 12.7. The number of anilines is 1. The summed E-state index contributed by atoms with van der Waals surface area (Å²) in [5.41, 5.74) is 0. The number of aromatic nitrogens is 2. The highest BCUT2D eigenvalue weighted by Crippen LogP contribution is 2.22. The monoisotopic (exact) mass is 332 g/mol. The van der Waals surface area contributed by atoms with Crippen LogP contribution in [0.5, 0.6) is 0 Å². The van der Waals surface area contributed by atoms with Gasteiger partial charge in [0.05, 0.1) is 0 Å². The van der Waals surface area contributed by atoms with Crippen LogP contribution >= 0.6 is 11.8 Å². The van der Waals surface area contributed by atoms with Gasteiger partial charge in [0.15, 0.2) is 5.82 Å². The highest BCUT2D eigenvalue weighted by atomic mass is 32.2. The van der Waals surface area contributed by atoms with Crippen molar-refractivity contribution in [1.29, 1.82) is 0 Å². The van der Waals surface area contributed by atoms with Crippen LogP contribution in [-0.2, 0) is 6.54 Å². The molecule has 0 aliphatic carbocycles. The van der Waals surface area contributed by atoms with Crippen LogP contribution in [-0.4, -0.2) is 51.2 Å². The van der Waals surface area contributed by atoms with E-state index in [4.69, 9.17) is 0 Å². The lowest BCUT2D eigenvalue weighted by atomic mass is 10.2. The maximum absolute atomic E-state index is 12.3. The highest BCUT2D eigenvalue weighted by molar-refractivity contribution is 7.99. The predicted molar refractivity (Wildman–Crippen MR) is 84.6 cm³/mol. The summed E-state index contributed by atoms with van der Waals surface area (Å²) < 4.78 is 25.7. The van der Waals surface area contributed by atoms with E-state index >= 15 is 0 Å². The number of nitrogens with zero attached hydrogens (tertiary/aromatic N) is 3. The van der Waals surface area contributed by atoms with Crippen molar-refractivity contribution in [3.05, 3.63) is 12.3 Å². The Labute approximate surface area is 133 Å². The Balaban J connectivity index is 1.91. The SMILES string of the molecule is CCSC1CCCCN(C(=O)Nc2ccn(CC(F)F)n2)C1. The number of carbonyl (C=O) groups is 1. The standard InChI is InChI=1S/C14H22F2N4OS/c1-2-22-11-5-3-4-7-19(9-11)14(21)17-13-6-8-20(18-13)10-12(15)16/h6,8,11-12H,2-5,7,9-10H2,1H3,(H,17,18,21). The van der Waals surface area contributed by atoms with Gasteiger partial charge >= 0.3 is 6.03 Å². The summed E-state index contributed by atoms with van der Waals surface area (Å²) in [5, 5.41) is 7.10. The van der Waals surface area contributed by atoms with Gasteiger partial charge in [-0.3, -0.25) is 10.00 Å². The molecule has 1 aliphatic rings. The van der Waals surface area contributed by atoms with Crippen LogP contribution in [0.15, 0.2) is 12.3 Å². The largest absolute Gasteiger partial charge is 0.323 e. The minimum Gasteiger partial charge on any atom is -0.323 e. The van der Waals surface area contributed by atoms with Crippen molar-refractivity contribution in [2.45, 2.75) is 44.4 Å². The molecule has 1 aromatic heterocycles. The van der Waals surface area contributed by atoms with Crippen molar-refractivity contribution in [1.82, 2.24) is 14.7 Å². The summed E-state index contributed by atoms with van der Waals surface area (Å²) in [6.07, 6.45) is 2.24. The Kier molecular flexibility index (Phi) is 6.48. The molecule has 124 valence electrons. The normalized spacial score (nSPS) is 19.3. The molecule has 2 amide bonds. The summed E-state index contributed by atoms with van der Waals surface area (Å²) in [6, 6.07) is 1.34. The Morgan fingerprint density at radius 1 is 1.55 bits per heavy atom.